The monoisotopic (exact) mass is 375 g/mol. The van der Waals surface area contributed by atoms with Gasteiger partial charge in [-0.05, 0) is 25.0 Å². The molecule has 0 bridgehead atoms. The summed E-state index contributed by atoms with van der Waals surface area (Å²) >= 11 is 1.45. The van der Waals surface area contributed by atoms with Crippen molar-refractivity contribution in [1.82, 2.24) is 20.5 Å². The number of rotatable bonds is 4. The Morgan fingerprint density at radius 3 is 3.12 bits per heavy atom. The molecule has 1 aliphatic rings. The number of thiazole rings is 1. The van der Waals surface area contributed by atoms with E-state index >= 15 is 0 Å². The van der Waals surface area contributed by atoms with Crippen LogP contribution in [0.5, 0.6) is 0 Å². The average Bonchev–Trinajstić information content (AvgIpc) is 3.27. The second-order valence-electron chi connectivity index (χ2n) is 6.30. The summed E-state index contributed by atoms with van der Waals surface area (Å²) in [5.41, 5.74) is 0.394. The molecule has 1 unspecified atom stereocenters. The van der Waals surface area contributed by atoms with Crippen LogP contribution >= 0.6 is 11.3 Å². The van der Waals surface area contributed by atoms with Gasteiger partial charge < -0.3 is 14.6 Å². The minimum atomic E-state index is -0.314. The molecule has 0 saturated carbocycles. The summed E-state index contributed by atoms with van der Waals surface area (Å²) in [4.78, 5) is 19.0. The summed E-state index contributed by atoms with van der Waals surface area (Å²) in [5.74, 6) is 0.361. The van der Waals surface area contributed by atoms with Gasteiger partial charge in [-0.15, -0.1) is 10.2 Å². The maximum atomic E-state index is 13.9. The molecule has 7 nitrogen and oxygen atoms in total. The third-order valence-corrected chi connectivity index (χ3v) is 5.48. The molecule has 4 rings (SSSR count). The number of fused-ring (bicyclic) bond motifs is 1. The number of amides is 1. The predicted octanol–water partition coefficient (Wildman–Crippen LogP) is 2.66. The smallest absolute Gasteiger partial charge is 0.235 e. The van der Waals surface area contributed by atoms with Crippen LogP contribution in [0.4, 0.5) is 9.52 Å². The van der Waals surface area contributed by atoms with E-state index in [4.69, 9.17) is 4.42 Å². The van der Waals surface area contributed by atoms with Gasteiger partial charge in [0, 0.05) is 20.0 Å². The molecule has 0 aliphatic carbocycles. The molecule has 1 aromatic carbocycles. The van der Waals surface area contributed by atoms with Crippen molar-refractivity contribution >= 4 is 32.6 Å². The van der Waals surface area contributed by atoms with Crippen molar-refractivity contribution in [3.63, 3.8) is 0 Å². The van der Waals surface area contributed by atoms with Crippen LogP contribution in [0.15, 0.2) is 22.6 Å². The number of aromatic nitrogens is 3. The summed E-state index contributed by atoms with van der Waals surface area (Å²) in [7, 11) is 0. The first kappa shape index (κ1) is 16.9. The molecule has 2 aromatic heterocycles. The van der Waals surface area contributed by atoms with E-state index in [0.717, 1.165) is 29.2 Å². The zero-order chi connectivity index (χ0) is 18.1. The highest BCUT2D eigenvalue weighted by molar-refractivity contribution is 7.22. The molecule has 0 radical (unpaired) electrons. The molecule has 9 heteroatoms. The largest absolute Gasteiger partial charge is 0.424 e. The number of anilines is 1. The molecule has 26 heavy (non-hydrogen) atoms. The molecular weight excluding hydrogens is 357 g/mol. The fourth-order valence-electron chi connectivity index (χ4n) is 3.12. The topological polar surface area (TPSA) is 84.2 Å². The van der Waals surface area contributed by atoms with Crippen molar-refractivity contribution < 1.29 is 13.6 Å². The van der Waals surface area contributed by atoms with Crippen LogP contribution in [0.1, 0.15) is 24.6 Å². The number of nitrogens with zero attached hydrogens (tertiary/aromatic N) is 4. The van der Waals surface area contributed by atoms with E-state index in [-0.39, 0.29) is 24.2 Å². The molecule has 0 spiro atoms. The number of hydrogen-bond acceptors (Lipinski definition) is 7. The van der Waals surface area contributed by atoms with Gasteiger partial charge in [-0.3, -0.25) is 4.79 Å². The summed E-state index contributed by atoms with van der Waals surface area (Å²) in [6.45, 7) is 3.31. The van der Waals surface area contributed by atoms with Gasteiger partial charge in [-0.25, -0.2) is 9.37 Å². The van der Waals surface area contributed by atoms with E-state index in [2.05, 4.69) is 25.4 Å². The van der Waals surface area contributed by atoms with Gasteiger partial charge in [0.05, 0.1) is 17.2 Å². The van der Waals surface area contributed by atoms with E-state index in [1.165, 1.54) is 17.4 Å². The molecule has 1 amide bonds. The highest BCUT2D eigenvalue weighted by Gasteiger charge is 2.27. The normalized spacial score (nSPS) is 17.6. The van der Waals surface area contributed by atoms with Crippen LogP contribution in [-0.2, 0) is 11.3 Å². The van der Waals surface area contributed by atoms with Crippen molar-refractivity contribution in [3.8, 4) is 0 Å². The minimum Gasteiger partial charge on any atom is -0.424 e. The van der Waals surface area contributed by atoms with Gasteiger partial charge in [0.1, 0.15) is 11.3 Å². The lowest BCUT2D eigenvalue weighted by Gasteiger charge is -2.31. The Morgan fingerprint density at radius 1 is 1.46 bits per heavy atom. The Labute approximate surface area is 153 Å². The van der Waals surface area contributed by atoms with Gasteiger partial charge in [0.2, 0.25) is 17.7 Å². The van der Waals surface area contributed by atoms with Crippen molar-refractivity contribution in [2.24, 2.45) is 5.92 Å². The van der Waals surface area contributed by atoms with Crippen molar-refractivity contribution in [3.05, 3.63) is 35.8 Å². The van der Waals surface area contributed by atoms with Crippen molar-refractivity contribution in [2.45, 2.75) is 26.3 Å². The van der Waals surface area contributed by atoms with E-state index in [0.29, 0.717) is 23.8 Å². The Morgan fingerprint density at radius 2 is 2.35 bits per heavy atom. The Bertz CT molecular complexity index is 940. The average molecular weight is 375 g/mol. The van der Waals surface area contributed by atoms with E-state index in [1.54, 1.807) is 13.0 Å². The van der Waals surface area contributed by atoms with Gasteiger partial charge in [0.25, 0.3) is 0 Å². The van der Waals surface area contributed by atoms with E-state index < -0.39 is 0 Å². The van der Waals surface area contributed by atoms with Crippen LogP contribution < -0.4 is 10.2 Å². The molecule has 3 aromatic rings. The van der Waals surface area contributed by atoms with Crippen LogP contribution in [0.3, 0.4) is 0 Å². The Balaban J connectivity index is 1.42. The number of piperidine rings is 1. The number of nitrogens with one attached hydrogen (secondary N) is 1. The lowest BCUT2D eigenvalue weighted by Crippen LogP contribution is -2.43. The lowest BCUT2D eigenvalue weighted by molar-refractivity contribution is -0.125. The first-order valence-electron chi connectivity index (χ1n) is 8.47. The third-order valence-electron chi connectivity index (χ3n) is 4.40. The Kier molecular flexibility index (Phi) is 4.54. The zero-order valence-electron chi connectivity index (χ0n) is 14.2. The number of carbonyl (C=O) groups excluding carboxylic acids is 1. The standard InChI is InChI=1S/C17H18FN5O2S/c1-10-21-22-14(25-10)8-19-16(24)11-4-3-7-23(9-11)17-20-15-12(18)5-2-6-13(15)26-17/h2,5-6,11H,3-4,7-9H2,1H3,(H,19,24). The molecule has 1 N–H and O–H groups in total. The first-order chi connectivity index (χ1) is 12.6. The van der Waals surface area contributed by atoms with Gasteiger partial charge >= 0.3 is 0 Å². The van der Waals surface area contributed by atoms with Crippen LogP contribution in [0, 0.1) is 18.7 Å². The predicted molar refractivity (Wildman–Crippen MR) is 95.4 cm³/mol. The number of benzene rings is 1. The quantitative estimate of drug-likeness (QED) is 0.755. The van der Waals surface area contributed by atoms with Crippen molar-refractivity contribution in [2.75, 3.05) is 18.0 Å². The highest BCUT2D eigenvalue weighted by Crippen LogP contribution is 2.32. The Hall–Kier alpha value is -2.55. The lowest BCUT2D eigenvalue weighted by atomic mass is 9.97. The molecule has 1 atom stereocenters. The van der Waals surface area contributed by atoms with Gasteiger partial charge in [-0.1, -0.05) is 17.4 Å². The minimum absolute atomic E-state index is 0.0437. The maximum Gasteiger partial charge on any atom is 0.235 e. The number of halogens is 1. The first-order valence-corrected chi connectivity index (χ1v) is 9.28. The number of para-hydroxylation sites is 1. The second kappa shape index (κ2) is 6.99. The van der Waals surface area contributed by atoms with E-state index in [1.807, 2.05) is 6.07 Å². The van der Waals surface area contributed by atoms with Gasteiger partial charge in [0.15, 0.2) is 5.13 Å². The fourth-order valence-corrected chi connectivity index (χ4v) is 4.13. The summed E-state index contributed by atoms with van der Waals surface area (Å²) in [6.07, 6.45) is 1.70. The van der Waals surface area contributed by atoms with Crippen LogP contribution in [0.25, 0.3) is 10.2 Å². The molecule has 1 fully saturated rings. The van der Waals surface area contributed by atoms with Gasteiger partial charge in [-0.2, -0.15) is 0 Å². The second-order valence-corrected chi connectivity index (χ2v) is 7.31. The number of aryl methyl sites for hydroxylation is 1. The third kappa shape index (κ3) is 3.39. The van der Waals surface area contributed by atoms with Crippen LogP contribution in [-0.4, -0.2) is 34.2 Å². The summed E-state index contributed by atoms with van der Waals surface area (Å²) < 4.78 is 20.0. The number of carbonyl (C=O) groups is 1. The molecular formula is C17H18FN5O2S. The SMILES string of the molecule is Cc1nnc(CNC(=O)C2CCCN(c3nc4c(F)cccc4s3)C2)o1. The van der Waals surface area contributed by atoms with E-state index in [9.17, 15) is 9.18 Å². The summed E-state index contributed by atoms with van der Waals surface area (Å²) in [6, 6.07) is 4.96. The van der Waals surface area contributed by atoms with Crippen molar-refractivity contribution in [1.29, 1.82) is 0 Å². The molecule has 1 saturated heterocycles. The fraction of sp³-hybridized carbons (Fsp3) is 0.412. The number of hydrogen-bond donors (Lipinski definition) is 1. The molecule has 3 heterocycles. The van der Waals surface area contributed by atoms with Crippen LogP contribution in [0.2, 0.25) is 0 Å². The molecule has 1 aliphatic heterocycles. The summed E-state index contributed by atoms with van der Waals surface area (Å²) in [5, 5.41) is 11.2. The highest BCUT2D eigenvalue weighted by atomic mass is 32.1. The zero-order valence-corrected chi connectivity index (χ0v) is 15.1. The maximum absolute atomic E-state index is 13.9. The molecule has 136 valence electrons.